The van der Waals surface area contributed by atoms with Gasteiger partial charge in [-0.2, -0.15) is 5.10 Å². The van der Waals surface area contributed by atoms with Crippen LogP contribution in [0.3, 0.4) is 0 Å². The van der Waals surface area contributed by atoms with Gasteiger partial charge >= 0.3 is 0 Å². The molecule has 1 fully saturated rings. The number of halogens is 1. The van der Waals surface area contributed by atoms with Crippen molar-refractivity contribution in [1.82, 2.24) is 9.78 Å². The summed E-state index contributed by atoms with van der Waals surface area (Å²) in [5.41, 5.74) is 2.69. The molecular formula is C17H29BrN2. The zero-order valence-corrected chi connectivity index (χ0v) is 14.8. The van der Waals surface area contributed by atoms with Crippen molar-refractivity contribution in [3.05, 3.63) is 17.5 Å². The number of alkyl halides is 1. The van der Waals surface area contributed by atoms with Crippen molar-refractivity contribution in [2.24, 2.45) is 11.8 Å². The van der Waals surface area contributed by atoms with Gasteiger partial charge in [0, 0.05) is 17.1 Å². The highest BCUT2D eigenvalue weighted by atomic mass is 79.9. The predicted molar refractivity (Wildman–Crippen MR) is 89.4 cm³/mol. The molecule has 0 radical (unpaired) electrons. The first-order valence-electron chi connectivity index (χ1n) is 8.37. The van der Waals surface area contributed by atoms with E-state index in [0.29, 0.717) is 4.83 Å². The molecule has 2 rings (SSSR count). The third-order valence-electron chi connectivity index (χ3n) is 4.74. The normalized spacial score (nSPS) is 26.9. The van der Waals surface area contributed by atoms with E-state index in [2.05, 4.69) is 47.4 Å². The molecule has 0 bridgehead atoms. The Hall–Kier alpha value is -0.310. The second-order valence-corrected chi connectivity index (χ2v) is 7.42. The van der Waals surface area contributed by atoms with Crippen LogP contribution < -0.4 is 0 Å². The molecule has 0 spiro atoms. The Morgan fingerprint density at radius 2 is 2.10 bits per heavy atom. The molecule has 114 valence electrons. The number of nitrogens with zero attached hydrogens (tertiary/aromatic N) is 2. The molecule has 0 amide bonds. The highest BCUT2D eigenvalue weighted by molar-refractivity contribution is 9.09. The van der Waals surface area contributed by atoms with E-state index < -0.39 is 0 Å². The van der Waals surface area contributed by atoms with Gasteiger partial charge in [0.1, 0.15) is 0 Å². The summed E-state index contributed by atoms with van der Waals surface area (Å²) >= 11 is 3.93. The second kappa shape index (κ2) is 7.63. The Kier molecular flexibility index (Phi) is 6.13. The molecule has 1 heterocycles. The van der Waals surface area contributed by atoms with E-state index in [0.717, 1.165) is 24.8 Å². The lowest BCUT2D eigenvalue weighted by Crippen LogP contribution is -2.27. The molecular weight excluding hydrogens is 312 g/mol. The summed E-state index contributed by atoms with van der Waals surface area (Å²) in [6, 6.07) is 2.33. The lowest BCUT2D eigenvalue weighted by atomic mass is 9.77. The van der Waals surface area contributed by atoms with Gasteiger partial charge in [-0.3, -0.25) is 4.68 Å². The van der Waals surface area contributed by atoms with Crippen LogP contribution >= 0.6 is 15.9 Å². The van der Waals surface area contributed by atoms with E-state index in [1.165, 1.54) is 49.9 Å². The fourth-order valence-corrected chi connectivity index (χ4v) is 4.27. The number of hydrogen-bond acceptors (Lipinski definition) is 1. The van der Waals surface area contributed by atoms with Crippen molar-refractivity contribution in [2.75, 3.05) is 0 Å². The summed E-state index contributed by atoms with van der Waals surface area (Å²) in [5, 5.41) is 4.69. The fourth-order valence-electron chi connectivity index (χ4n) is 3.60. The Balaban J connectivity index is 2.05. The van der Waals surface area contributed by atoms with Crippen LogP contribution in [0.15, 0.2) is 6.07 Å². The molecule has 20 heavy (non-hydrogen) atoms. The van der Waals surface area contributed by atoms with Crippen molar-refractivity contribution in [3.8, 4) is 0 Å². The van der Waals surface area contributed by atoms with Gasteiger partial charge < -0.3 is 0 Å². The highest BCUT2D eigenvalue weighted by Crippen LogP contribution is 2.37. The molecule has 1 saturated carbocycles. The lowest BCUT2D eigenvalue weighted by Gasteiger charge is -2.33. The minimum absolute atomic E-state index is 0.695. The van der Waals surface area contributed by atoms with Gasteiger partial charge in [0.2, 0.25) is 0 Å². The molecule has 1 aromatic heterocycles. The molecule has 1 aliphatic rings. The van der Waals surface area contributed by atoms with Crippen molar-refractivity contribution < 1.29 is 0 Å². The molecule has 2 nitrogen and oxygen atoms in total. The van der Waals surface area contributed by atoms with Crippen molar-refractivity contribution in [3.63, 3.8) is 0 Å². The van der Waals surface area contributed by atoms with Gasteiger partial charge in [-0.25, -0.2) is 0 Å². The highest BCUT2D eigenvalue weighted by Gasteiger charge is 2.29. The van der Waals surface area contributed by atoms with Crippen LogP contribution in [0.25, 0.3) is 0 Å². The molecule has 1 aromatic rings. The predicted octanol–water partition coefficient (Wildman–Crippen LogP) is 4.99. The lowest BCUT2D eigenvalue weighted by molar-refractivity contribution is 0.260. The summed E-state index contributed by atoms with van der Waals surface area (Å²) in [7, 11) is 0. The first-order valence-corrected chi connectivity index (χ1v) is 9.29. The molecule has 1 aliphatic carbocycles. The SMILES string of the molecule is CCCC1CCC(Br)C(Cc2cc(CC)nn2CC)C1. The van der Waals surface area contributed by atoms with Crippen LogP contribution in [0.5, 0.6) is 0 Å². The molecule has 0 aliphatic heterocycles. The standard InChI is InChI=1S/C17H29BrN2/c1-4-7-13-8-9-17(18)14(10-13)11-16-12-15(5-2)19-20(16)6-3/h12-14,17H,4-11H2,1-3H3. The quantitative estimate of drug-likeness (QED) is 0.667. The molecule has 0 N–H and O–H groups in total. The monoisotopic (exact) mass is 340 g/mol. The zero-order chi connectivity index (χ0) is 14.5. The van der Waals surface area contributed by atoms with Crippen LogP contribution in [0.4, 0.5) is 0 Å². The van der Waals surface area contributed by atoms with E-state index in [-0.39, 0.29) is 0 Å². The first-order chi connectivity index (χ1) is 9.67. The van der Waals surface area contributed by atoms with Crippen LogP contribution in [0.1, 0.15) is 64.3 Å². The van der Waals surface area contributed by atoms with Crippen molar-refractivity contribution in [2.45, 2.75) is 77.1 Å². The third-order valence-corrected chi connectivity index (χ3v) is 5.95. The van der Waals surface area contributed by atoms with Gasteiger partial charge in [0.05, 0.1) is 5.69 Å². The number of aryl methyl sites for hydroxylation is 2. The minimum Gasteiger partial charge on any atom is -0.270 e. The fraction of sp³-hybridized carbons (Fsp3) is 0.824. The topological polar surface area (TPSA) is 17.8 Å². The Bertz CT molecular complexity index is 413. The average molecular weight is 341 g/mol. The average Bonchev–Trinajstić information content (AvgIpc) is 2.85. The second-order valence-electron chi connectivity index (χ2n) is 6.24. The van der Waals surface area contributed by atoms with Crippen LogP contribution in [-0.4, -0.2) is 14.6 Å². The molecule has 0 saturated heterocycles. The minimum atomic E-state index is 0.695. The van der Waals surface area contributed by atoms with E-state index >= 15 is 0 Å². The van der Waals surface area contributed by atoms with Gasteiger partial charge in [0.25, 0.3) is 0 Å². The van der Waals surface area contributed by atoms with Gasteiger partial charge in [-0.15, -0.1) is 0 Å². The maximum atomic E-state index is 4.69. The maximum absolute atomic E-state index is 4.69. The third kappa shape index (κ3) is 3.87. The van der Waals surface area contributed by atoms with Gasteiger partial charge in [-0.05, 0) is 56.9 Å². The van der Waals surface area contributed by atoms with Gasteiger partial charge in [0.15, 0.2) is 0 Å². The maximum Gasteiger partial charge on any atom is 0.0624 e. The summed E-state index contributed by atoms with van der Waals surface area (Å²) in [6.07, 6.45) is 9.11. The Morgan fingerprint density at radius 1 is 1.30 bits per heavy atom. The smallest absolute Gasteiger partial charge is 0.0624 e. The largest absolute Gasteiger partial charge is 0.270 e. The van der Waals surface area contributed by atoms with Crippen LogP contribution in [0.2, 0.25) is 0 Å². The summed E-state index contributed by atoms with van der Waals surface area (Å²) in [4.78, 5) is 0.695. The zero-order valence-electron chi connectivity index (χ0n) is 13.2. The van der Waals surface area contributed by atoms with Gasteiger partial charge in [-0.1, -0.05) is 42.6 Å². The molecule has 0 aromatic carbocycles. The van der Waals surface area contributed by atoms with Crippen molar-refractivity contribution in [1.29, 1.82) is 0 Å². The van der Waals surface area contributed by atoms with E-state index in [9.17, 15) is 0 Å². The van der Waals surface area contributed by atoms with E-state index in [4.69, 9.17) is 5.10 Å². The number of hydrogen-bond donors (Lipinski definition) is 0. The summed E-state index contributed by atoms with van der Waals surface area (Å²) in [5.74, 6) is 1.73. The first kappa shape index (κ1) is 16.1. The summed E-state index contributed by atoms with van der Waals surface area (Å²) in [6.45, 7) is 7.70. The van der Waals surface area contributed by atoms with Crippen LogP contribution in [0, 0.1) is 11.8 Å². The molecule has 3 heteroatoms. The van der Waals surface area contributed by atoms with E-state index in [1.807, 2.05) is 0 Å². The van der Waals surface area contributed by atoms with Crippen LogP contribution in [-0.2, 0) is 19.4 Å². The van der Waals surface area contributed by atoms with Crippen molar-refractivity contribution >= 4 is 15.9 Å². The summed E-state index contributed by atoms with van der Waals surface area (Å²) < 4.78 is 2.21. The molecule has 3 atom stereocenters. The molecule has 3 unspecified atom stereocenters. The Labute approximate surface area is 132 Å². The number of rotatable bonds is 6. The number of aromatic nitrogens is 2. The van der Waals surface area contributed by atoms with E-state index in [1.54, 1.807) is 0 Å². The Morgan fingerprint density at radius 3 is 2.75 bits per heavy atom.